The van der Waals surface area contributed by atoms with Crippen LogP contribution in [0, 0.1) is 45.8 Å². The Hall–Kier alpha value is -4.66. The van der Waals surface area contributed by atoms with Gasteiger partial charge in [-0.25, -0.2) is 0 Å². The molecule has 0 aromatic heterocycles. The molecule has 1 saturated heterocycles. The van der Waals surface area contributed by atoms with Gasteiger partial charge in [0, 0.05) is 42.2 Å². The van der Waals surface area contributed by atoms with Gasteiger partial charge in [0.25, 0.3) is 0 Å². The minimum absolute atomic E-state index is 0.00265. The highest BCUT2D eigenvalue weighted by molar-refractivity contribution is 9.09. The number of hydrogen-bond donors (Lipinski definition) is 5. The normalized spacial score (nSPS) is 29.7. The van der Waals surface area contributed by atoms with Crippen LogP contribution in [-0.4, -0.2) is 95.8 Å². The summed E-state index contributed by atoms with van der Waals surface area (Å²) in [5.74, 6) is -1.54. The van der Waals surface area contributed by atoms with Gasteiger partial charge in [0.15, 0.2) is 11.6 Å². The van der Waals surface area contributed by atoms with Gasteiger partial charge in [-0.15, -0.1) is 0 Å². The van der Waals surface area contributed by atoms with Crippen LogP contribution in [0.25, 0.3) is 0 Å². The highest BCUT2D eigenvalue weighted by Gasteiger charge is 2.73. The van der Waals surface area contributed by atoms with Gasteiger partial charge >= 0.3 is 5.97 Å². The van der Waals surface area contributed by atoms with Crippen molar-refractivity contribution in [1.82, 2.24) is 10.6 Å². The first-order valence-electron chi connectivity index (χ1n) is 22.3. The van der Waals surface area contributed by atoms with Crippen LogP contribution in [0.4, 0.5) is 11.4 Å². The average Bonchev–Trinajstić information content (AvgIpc) is 3.76. The standard InChI is InChI=1S/C49H61BrN4O9/c1-29(2)27-63-44(61)15-14-39(53-43(60)24-51-42(59)23-50)46(62)52-34-7-5-6-31(19-34)18-30-8-11-35(12-9-30)54-25-33-21-38-37-13-10-32-20-36(56)16-17-47(32,3)45(37)40(57)22-48(38,4)49(33,28-54)41(58)26-55/h5-9,11-12,16-17,19-20,29,33,37-40,45,55,57H,10,13-15,18,21-28H2,1-4H3,(H,51,59)(H,52,62)(H,53,60)/t33-,37-,38-,39-,40-,45+,47-,48-,49+/m0/s1. The lowest BCUT2D eigenvalue weighted by atomic mass is 9.44. The number of hydrogen-bond acceptors (Lipinski definition) is 10. The number of Topliss-reactive ketones (excluding diaryl/α,β-unsaturated/α-hetero) is 1. The zero-order valence-electron chi connectivity index (χ0n) is 36.7. The Labute approximate surface area is 378 Å². The summed E-state index contributed by atoms with van der Waals surface area (Å²) in [6.45, 7) is 8.72. The van der Waals surface area contributed by atoms with Gasteiger partial charge in [-0.1, -0.05) is 79.5 Å². The molecule has 0 unspecified atom stereocenters. The summed E-state index contributed by atoms with van der Waals surface area (Å²) in [7, 11) is 0. The maximum atomic E-state index is 14.2. The number of nitrogens with zero attached hydrogens (tertiary/aromatic N) is 1. The van der Waals surface area contributed by atoms with Crippen LogP contribution in [0.2, 0.25) is 0 Å². The molecule has 63 heavy (non-hydrogen) atoms. The molecule has 4 aliphatic carbocycles. The predicted octanol–water partition coefficient (Wildman–Crippen LogP) is 5.06. The van der Waals surface area contributed by atoms with E-state index in [-0.39, 0.29) is 78.4 Å². The fourth-order valence-electron chi connectivity index (χ4n) is 12.1. The number of nitrogens with one attached hydrogen (secondary N) is 3. The molecule has 5 N–H and O–H groups in total. The van der Waals surface area contributed by atoms with E-state index in [1.807, 2.05) is 38.1 Å². The molecule has 3 amide bonds. The number of aliphatic hydroxyl groups excluding tert-OH is 2. The quantitative estimate of drug-likeness (QED) is 0.112. The molecule has 14 heteroatoms. The fraction of sp³-hybridized carbons (Fsp3) is 0.551. The second kappa shape index (κ2) is 18.8. The summed E-state index contributed by atoms with van der Waals surface area (Å²) in [6.07, 6.45) is 8.24. The van der Waals surface area contributed by atoms with Gasteiger partial charge in [0.1, 0.15) is 12.6 Å². The number of esters is 1. The van der Waals surface area contributed by atoms with E-state index in [1.54, 1.807) is 18.2 Å². The number of halogens is 1. The van der Waals surface area contributed by atoms with E-state index in [1.165, 1.54) is 0 Å². The van der Waals surface area contributed by atoms with Crippen molar-refractivity contribution in [2.24, 2.45) is 45.8 Å². The lowest BCUT2D eigenvalue weighted by Gasteiger charge is -2.60. The van der Waals surface area contributed by atoms with Crippen molar-refractivity contribution < 1.29 is 43.7 Å². The molecule has 0 bridgehead atoms. The summed E-state index contributed by atoms with van der Waals surface area (Å²) in [4.78, 5) is 79.0. The van der Waals surface area contributed by atoms with E-state index in [2.05, 4.69) is 74.9 Å². The Bertz CT molecular complexity index is 2170. The number of amides is 3. The third-order valence-corrected chi connectivity index (χ3v) is 15.5. The smallest absolute Gasteiger partial charge is 0.305 e. The summed E-state index contributed by atoms with van der Waals surface area (Å²) >= 11 is 3.04. The van der Waals surface area contributed by atoms with E-state index in [0.717, 1.165) is 41.6 Å². The SMILES string of the molecule is CC(C)COC(=O)CC[C@H](NC(=O)CNC(=O)CBr)C(=O)Nc1cccc(Cc2ccc(N3C[C@@H]4C[C@H]5[C@@H]6CCC7=CC(=O)C=C[C@]7(C)[C@H]6[C@@H](O)C[C@]5(C)[C@]4(C(=O)CO)C3)cc2)c1. The number of aliphatic hydroxyl groups is 2. The third kappa shape index (κ3) is 9.18. The number of anilines is 2. The lowest BCUT2D eigenvalue weighted by Crippen LogP contribution is -2.60. The van der Waals surface area contributed by atoms with E-state index in [4.69, 9.17) is 4.74 Å². The molecule has 2 aromatic rings. The molecule has 0 radical (unpaired) electrons. The summed E-state index contributed by atoms with van der Waals surface area (Å²) in [6, 6.07) is 14.6. The van der Waals surface area contributed by atoms with Gasteiger partial charge in [-0.05, 0) is 115 Å². The van der Waals surface area contributed by atoms with Crippen LogP contribution in [0.15, 0.2) is 72.3 Å². The Morgan fingerprint density at radius 1 is 1.03 bits per heavy atom. The third-order valence-electron chi connectivity index (χ3n) is 15.0. The van der Waals surface area contributed by atoms with Crippen molar-refractivity contribution in [1.29, 1.82) is 0 Å². The maximum Gasteiger partial charge on any atom is 0.305 e. The number of allylic oxidation sites excluding steroid dienone is 4. The van der Waals surface area contributed by atoms with Crippen LogP contribution in [-0.2, 0) is 39.9 Å². The fourth-order valence-corrected chi connectivity index (χ4v) is 12.3. The molecule has 3 saturated carbocycles. The molecule has 1 aliphatic heterocycles. The molecule has 1 heterocycles. The van der Waals surface area contributed by atoms with Crippen molar-refractivity contribution in [3.8, 4) is 0 Å². The number of benzene rings is 2. The Kier molecular flexibility index (Phi) is 13.8. The Morgan fingerprint density at radius 3 is 2.51 bits per heavy atom. The average molecular weight is 930 g/mol. The number of ketones is 2. The first kappa shape index (κ1) is 46.3. The minimum Gasteiger partial charge on any atom is -0.465 e. The van der Waals surface area contributed by atoms with Crippen molar-refractivity contribution in [3.63, 3.8) is 0 Å². The summed E-state index contributed by atoms with van der Waals surface area (Å²) in [5.41, 5.74) is 2.86. The molecule has 9 atom stereocenters. The Balaban J connectivity index is 1.01. The molecule has 0 spiro atoms. The first-order chi connectivity index (χ1) is 30.0. The second-order valence-electron chi connectivity index (χ2n) is 19.3. The largest absolute Gasteiger partial charge is 0.465 e. The van der Waals surface area contributed by atoms with Crippen LogP contribution >= 0.6 is 15.9 Å². The molecule has 2 aromatic carbocycles. The van der Waals surface area contributed by atoms with Crippen molar-refractivity contribution in [2.75, 3.05) is 48.4 Å². The summed E-state index contributed by atoms with van der Waals surface area (Å²) < 4.78 is 5.27. The topological polar surface area (TPSA) is 191 Å². The van der Waals surface area contributed by atoms with Gasteiger partial charge in [-0.2, -0.15) is 0 Å². The zero-order valence-corrected chi connectivity index (χ0v) is 38.2. The molecule has 13 nitrogen and oxygen atoms in total. The van der Waals surface area contributed by atoms with Crippen molar-refractivity contribution in [3.05, 3.63) is 83.5 Å². The highest BCUT2D eigenvalue weighted by Crippen LogP contribution is 2.72. The molecule has 338 valence electrons. The Morgan fingerprint density at radius 2 is 1.79 bits per heavy atom. The molecule has 7 rings (SSSR count). The van der Waals surface area contributed by atoms with E-state index in [0.29, 0.717) is 31.6 Å². The monoisotopic (exact) mass is 928 g/mol. The van der Waals surface area contributed by atoms with Crippen molar-refractivity contribution in [2.45, 2.75) is 84.8 Å². The lowest BCUT2D eigenvalue weighted by molar-refractivity contribution is -0.157. The second-order valence-corrected chi connectivity index (χ2v) is 19.8. The molecule has 4 fully saturated rings. The first-order valence-corrected chi connectivity index (χ1v) is 23.4. The van der Waals surface area contributed by atoms with Gasteiger partial charge in [0.05, 0.1) is 30.0 Å². The number of rotatable bonds is 16. The highest BCUT2D eigenvalue weighted by atomic mass is 79.9. The summed E-state index contributed by atoms with van der Waals surface area (Å²) in [5, 5.41) is 30.5. The van der Waals surface area contributed by atoms with Crippen LogP contribution < -0.4 is 20.9 Å². The molecular weight excluding hydrogens is 868 g/mol. The number of fused-ring (bicyclic) bond motifs is 7. The number of alkyl halides is 1. The van der Waals surface area contributed by atoms with Crippen LogP contribution in [0.5, 0.6) is 0 Å². The van der Waals surface area contributed by atoms with Crippen LogP contribution in [0.1, 0.15) is 77.3 Å². The van der Waals surface area contributed by atoms with Crippen molar-refractivity contribution >= 4 is 62.6 Å². The van der Waals surface area contributed by atoms with Crippen LogP contribution in [0.3, 0.4) is 0 Å². The minimum atomic E-state index is -1.06. The van der Waals surface area contributed by atoms with E-state index in [9.17, 15) is 39.0 Å². The van der Waals surface area contributed by atoms with E-state index < -0.39 is 52.8 Å². The predicted molar refractivity (Wildman–Crippen MR) is 242 cm³/mol. The number of carbonyl (C=O) groups is 6. The number of carbonyl (C=O) groups excluding carboxylic acids is 6. The molecule has 5 aliphatic rings. The van der Waals surface area contributed by atoms with Gasteiger partial charge in [0.2, 0.25) is 17.7 Å². The maximum absolute atomic E-state index is 14.2. The van der Waals surface area contributed by atoms with Gasteiger partial charge < -0.3 is 35.8 Å². The van der Waals surface area contributed by atoms with E-state index >= 15 is 0 Å². The van der Waals surface area contributed by atoms with Gasteiger partial charge in [-0.3, -0.25) is 28.8 Å². The number of ether oxygens (including phenoxy) is 1. The molecular formula is C49H61BrN4O9. The zero-order chi connectivity index (χ0) is 45.3.